The molecule has 1 aromatic rings. The van der Waals surface area contributed by atoms with E-state index in [4.69, 9.17) is 14.2 Å². The molecule has 0 radical (unpaired) electrons. The molecule has 0 spiro atoms. The van der Waals surface area contributed by atoms with Crippen LogP contribution in [0.5, 0.6) is 11.5 Å². The predicted octanol–water partition coefficient (Wildman–Crippen LogP) is 3.08. The Morgan fingerprint density at radius 3 is 2.85 bits per heavy atom. The third-order valence-corrected chi connectivity index (χ3v) is 4.66. The van der Waals surface area contributed by atoms with Gasteiger partial charge in [-0.05, 0) is 51.9 Å². The monoisotopic (exact) mass is 341 g/mol. The molecule has 0 amide bonds. The van der Waals surface area contributed by atoms with Crippen LogP contribution < -0.4 is 14.8 Å². The van der Waals surface area contributed by atoms with Gasteiger partial charge in [0.1, 0.15) is 0 Å². The predicted molar refractivity (Wildman–Crippen MR) is 80.1 cm³/mol. The lowest BCUT2D eigenvalue weighted by molar-refractivity contribution is 0.0240. The molecule has 0 aliphatic carbocycles. The van der Waals surface area contributed by atoms with Crippen LogP contribution in [-0.4, -0.2) is 26.6 Å². The molecule has 2 heterocycles. The van der Waals surface area contributed by atoms with E-state index in [1.54, 1.807) is 0 Å². The fourth-order valence-corrected chi connectivity index (χ4v) is 3.28. The molecule has 1 fully saturated rings. The second-order valence-corrected chi connectivity index (χ2v) is 6.69. The van der Waals surface area contributed by atoms with Crippen molar-refractivity contribution >= 4 is 15.9 Å². The summed E-state index contributed by atoms with van der Waals surface area (Å²) in [4.78, 5) is 0. The Labute approximate surface area is 127 Å². The summed E-state index contributed by atoms with van der Waals surface area (Å²) >= 11 is 3.53. The quantitative estimate of drug-likeness (QED) is 0.913. The zero-order valence-corrected chi connectivity index (χ0v) is 13.3. The molecule has 0 atom stereocenters. The van der Waals surface area contributed by atoms with E-state index in [2.05, 4.69) is 34.2 Å². The third kappa shape index (κ3) is 3.10. The van der Waals surface area contributed by atoms with E-state index in [1.165, 1.54) is 5.56 Å². The number of halogens is 1. The second-order valence-electron chi connectivity index (χ2n) is 5.84. The molecule has 1 aromatic carbocycles. The summed E-state index contributed by atoms with van der Waals surface area (Å²) in [7, 11) is 0. The standard InChI is InChI=1S/C15H20BrNO3/c1-15(2-4-18-5-3-15)9-17-8-11-6-12(16)14-13(7-11)19-10-20-14/h6-7,17H,2-5,8-10H2,1H3. The Morgan fingerprint density at radius 1 is 1.25 bits per heavy atom. The molecular weight excluding hydrogens is 322 g/mol. The molecule has 2 aliphatic rings. The van der Waals surface area contributed by atoms with Crippen molar-refractivity contribution < 1.29 is 14.2 Å². The first-order chi connectivity index (χ1) is 9.66. The zero-order chi connectivity index (χ0) is 14.0. The molecule has 0 aromatic heterocycles. The van der Waals surface area contributed by atoms with Gasteiger partial charge in [0.25, 0.3) is 0 Å². The van der Waals surface area contributed by atoms with Gasteiger partial charge in [-0.1, -0.05) is 6.92 Å². The molecule has 110 valence electrons. The van der Waals surface area contributed by atoms with Crippen molar-refractivity contribution in [3.05, 3.63) is 22.2 Å². The van der Waals surface area contributed by atoms with Gasteiger partial charge in [-0.2, -0.15) is 0 Å². The van der Waals surface area contributed by atoms with Gasteiger partial charge < -0.3 is 19.5 Å². The SMILES string of the molecule is CC1(CNCc2cc(Br)c3c(c2)OCO3)CCOCC1. The minimum Gasteiger partial charge on any atom is -0.454 e. The Hall–Kier alpha value is -0.780. The van der Waals surface area contributed by atoms with E-state index >= 15 is 0 Å². The highest BCUT2D eigenvalue weighted by Crippen LogP contribution is 2.40. The molecule has 5 heteroatoms. The van der Waals surface area contributed by atoms with E-state index in [0.717, 1.165) is 55.1 Å². The Kier molecular flexibility index (Phi) is 4.19. The minimum absolute atomic E-state index is 0.308. The summed E-state index contributed by atoms with van der Waals surface area (Å²) in [5, 5.41) is 3.56. The lowest BCUT2D eigenvalue weighted by Gasteiger charge is -2.33. The fraction of sp³-hybridized carbons (Fsp3) is 0.600. The van der Waals surface area contributed by atoms with Crippen LogP contribution in [0.3, 0.4) is 0 Å². The Balaban J connectivity index is 1.57. The van der Waals surface area contributed by atoms with E-state index in [0.29, 0.717) is 12.2 Å². The van der Waals surface area contributed by atoms with Crippen LogP contribution in [0.25, 0.3) is 0 Å². The maximum Gasteiger partial charge on any atom is 0.231 e. The summed E-state index contributed by atoms with van der Waals surface area (Å²) in [6.07, 6.45) is 2.26. The van der Waals surface area contributed by atoms with Crippen LogP contribution >= 0.6 is 15.9 Å². The molecule has 0 saturated carbocycles. The highest BCUT2D eigenvalue weighted by atomic mass is 79.9. The van der Waals surface area contributed by atoms with Gasteiger partial charge in [-0.3, -0.25) is 0 Å². The topological polar surface area (TPSA) is 39.7 Å². The average molecular weight is 342 g/mol. The van der Waals surface area contributed by atoms with Crippen LogP contribution in [-0.2, 0) is 11.3 Å². The Bertz CT molecular complexity index is 486. The summed E-state index contributed by atoms with van der Waals surface area (Å²) in [6.45, 7) is 6.26. The lowest BCUT2D eigenvalue weighted by Crippen LogP contribution is -2.36. The summed E-state index contributed by atoms with van der Waals surface area (Å²) < 4.78 is 17.2. The number of hydrogen-bond acceptors (Lipinski definition) is 4. The van der Waals surface area contributed by atoms with Gasteiger partial charge in [0.2, 0.25) is 6.79 Å². The van der Waals surface area contributed by atoms with E-state index in [1.807, 2.05) is 6.07 Å². The number of ether oxygens (including phenoxy) is 3. The second kappa shape index (κ2) is 5.92. The Morgan fingerprint density at radius 2 is 2.05 bits per heavy atom. The first kappa shape index (κ1) is 14.2. The van der Waals surface area contributed by atoms with Crippen molar-refractivity contribution in [2.24, 2.45) is 5.41 Å². The molecule has 1 saturated heterocycles. The number of hydrogen-bond donors (Lipinski definition) is 1. The molecule has 4 nitrogen and oxygen atoms in total. The first-order valence-corrected chi connectivity index (χ1v) is 7.82. The largest absolute Gasteiger partial charge is 0.454 e. The van der Waals surface area contributed by atoms with Crippen molar-refractivity contribution in [3.8, 4) is 11.5 Å². The van der Waals surface area contributed by atoms with E-state index in [9.17, 15) is 0 Å². The number of nitrogens with one attached hydrogen (secondary N) is 1. The van der Waals surface area contributed by atoms with Gasteiger partial charge in [0.15, 0.2) is 11.5 Å². The summed E-state index contributed by atoms with van der Waals surface area (Å²) in [5.41, 5.74) is 1.56. The number of rotatable bonds is 4. The fourth-order valence-electron chi connectivity index (χ4n) is 2.67. The van der Waals surface area contributed by atoms with Crippen LogP contribution in [0.1, 0.15) is 25.3 Å². The number of fused-ring (bicyclic) bond motifs is 1. The van der Waals surface area contributed by atoms with Crippen molar-refractivity contribution in [2.75, 3.05) is 26.6 Å². The van der Waals surface area contributed by atoms with E-state index < -0.39 is 0 Å². The average Bonchev–Trinajstić information content (AvgIpc) is 2.88. The summed E-state index contributed by atoms with van der Waals surface area (Å²) in [6, 6.07) is 4.14. The summed E-state index contributed by atoms with van der Waals surface area (Å²) in [5.74, 6) is 1.64. The molecule has 3 rings (SSSR count). The van der Waals surface area contributed by atoms with Gasteiger partial charge in [0, 0.05) is 26.3 Å². The molecule has 0 bridgehead atoms. The van der Waals surface area contributed by atoms with Crippen molar-refractivity contribution in [3.63, 3.8) is 0 Å². The smallest absolute Gasteiger partial charge is 0.231 e. The highest BCUT2D eigenvalue weighted by Gasteiger charge is 2.26. The van der Waals surface area contributed by atoms with Crippen LogP contribution in [0.15, 0.2) is 16.6 Å². The molecule has 2 aliphatic heterocycles. The third-order valence-electron chi connectivity index (χ3n) is 4.07. The van der Waals surface area contributed by atoms with Crippen molar-refractivity contribution in [1.29, 1.82) is 0 Å². The molecule has 20 heavy (non-hydrogen) atoms. The maximum absolute atomic E-state index is 5.44. The normalized spacial score (nSPS) is 20.1. The zero-order valence-electron chi connectivity index (χ0n) is 11.7. The van der Waals surface area contributed by atoms with Crippen molar-refractivity contribution in [2.45, 2.75) is 26.3 Å². The molecular formula is C15H20BrNO3. The first-order valence-electron chi connectivity index (χ1n) is 7.03. The van der Waals surface area contributed by atoms with Crippen LogP contribution in [0.4, 0.5) is 0 Å². The van der Waals surface area contributed by atoms with Crippen LogP contribution in [0, 0.1) is 5.41 Å². The molecule has 0 unspecified atom stereocenters. The minimum atomic E-state index is 0.308. The van der Waals surface area contributed by atoms with Gasteiger partial charge in [-0.15, -0.1) is 0 Å². The maximum atomic E-state index is 5.44. The van der Waals surface area contributed by atoms with Crippen LogP contribution in [0.2, 0.25) is 0 Å². The van der Waals surface area contributed by atoms with E-state index in [-0.39, 0.29) is 0 Å². The number of benzene rings is 1. The lowest BCUT2D eigenvalue weighted by atomic mass is 9.82. The molecule has 1 N–H and O–H groups in total. The highest BCUT2D eigenvalue weighted by molar-refractivity contribution is 9.10. The van der Waals surface area contributed by atoms with Crippen molar-refractivity contribution in [1.82, 2.24) is 5.32 Å². The van der Waals surface area contributed by atoms with Gasteiger partial charge in [0.05, 0.1) is 4.47 Å². The van der Waals surface area contributed by atoms with Gasteiger partial charge >= 0.3 is 0 Å². The van der Waals surface area contributed by atoms with Gasteiger partial charge in [-0.25, -0.2) is 0 Å².